The molecule has 0 bridgehead atoms. The third-order valence-corrected chi connectivity index (χ3v) is 5.75. The summed E-state index contributed by atoms with van der Waals surface area (Å²) in [5.74, 6) is 0.897. The summed E-state index contributed by atoms with van der Waals surface area (Å²) in [7, 11) is 0. The Hall–Kier alpha value is -1.29. The van der Waals surface area contributed by atoms with Crippen molar-refractivity contribution in [1.82, 2.24) is 4.98 Å². The SMILES string of the molecule is Cc1ccc(SCc2csc(-c3ccc(Cl)cc3)n2)c(C)c1. The molecule has 4 heteroatoms. The van der Waals surface area contributed by atoms with Crippen LogP contribution in [0.3, 0.4) is 0 Å². The molecule has 3 aromatic rings. The van der Waals surface area contributed by atoms with E-state index in [0.717, 1.165) is 27.0 Å². The van der Waals surface area contributed by atoms with E-state index in [0.29, 0.717) is 0 Å². The first-order valence-electron chi connectivity index (χ1n) is 7.02. The van der Waals surface area contributed by atoms with Gasteiger partial charge in [0.2, 0.25) is 0 Å². The molecule has 0 unspecified atom stereocenters. The summed E-state index contributed by atoms with van der Waals surface area (Å²) >= 11 is 9.45. The number of thiazole rings is 1. The number of aryl methyl sites for hydroxylation is 2. The van der Waals surface area contributed by atoms with Gasteiger partial charge in [0.25, 0.3) is 0 Å². The van der Waals surface area contributed by atoms with E-state index in [4.69, 9.17) is 16.6 Å². The number of aromatic nitrogens is 1. The molecular weight excluding hydrogens is 330 g/mol. The maximum absolute atomic E-state index is 5.93. The topological polar surface area (TPSA) is 12.9 Å². The zero-order valence-corrected chi connectivity index (χ0v) is 14.9. The fourth-order valence-electron chi connectivity index (χ4n) is 2.21. The smallest absolute Gasteiger partial charge is 0.123 e. The van der Waals surface area contributed by atoms with E-state index in [-0.39, 0.29) is 0 Å². The van der Waals surface area contributed by atoms with Crippen LogP contribution < -0.4 is 0 Å². The highest BCUT2D eigenvalue weighted by atomic mass is 35.5. The third kappa shape index (κ3) is 3.72. The van der Waals surface area contributed by atoms with Gasteiger partial charge >= 0.3 is 0 Å². The number of thioether (sulfide) groups is 1. The summed E-state index contributed by atoms with van der Waals surface area (Å²) in [6.07, 6.45) is 0. The third-order valence-electron chi connectivity index (χ3n) is 3.35. The molecule has 0 aliphatic carbocycles. The maximum Gasteiger partial charge on any atom is 0.123 e. The minimum Gasteiger partial charge on any atom is -0.240 e. The zero-order chi connectivity index (χ0) is 15.5. The quantitative estimate of drug-likeness (QED) is 0.509. The van der Waals surface area contributed by atoms with Crippen LogP contribution in [0.4, 0.5) is 0 Å². The fraction of sp³-hybridized carbons (Fsp3) is 0.167. The first kappa shape index (κ1) is 15.6. The van der Waals surface area contributed by atoms with Crippen LogP contribution in [-0.2, 0) is 5.75 Å². The van der Waals surface area contributed by atoms with Gasteiger partial charge in [-0.05, 0) is 37.6 Å². The van der Waals surface area contributed by atoms with Gasteiger partial charge < -0.3 is 0 Å². The normalized spacial score (nSPS) is 10.9. The molecular formula is C18H16ClNS2. The molecule has 1 aromatic heterocycles. The van der Waals surface area contributed by atoms with E-state index in [2.05, 4.69) is 37.4 Å². The van der Waals surface area contributed by atoms with Crippen molar-refractivity contribution in [1.29, 1.82) is 0 Å². The van der Waals surface area contributed by atoms with Crippen molar-refractivity contribution in [3.8, 4) is 10.6 Å². The minimum atomic E-state index is 0.755. The Morgan fingerprint density at radius 2 is 1.86 bits per heavy atom. The average molecular weight is 346 g/mol. The Morgan fingerprint density at radius 3 is 2.59 bits per heavy atom. The summed E-state index contributed by atoms with van der Waals surface area (Å²) in [6, 6.07) is 14.4. The van der Waals surface area contributed by atoms with E-state index in [9.17, 15) is 0 Å². The van der Waals surface area contributed by atoms with Gasteiger partial charge in [-0.1, -0.05) is 41.4 Å². The Morgan fingerprint density at radius 1 is 1.09 bits per heavy atom. The molecule has 0 radical (unpaired) electrons. The molecule has 1 heterocycles. The predicted octanol–water partition coefficient (Wildman–Crippen LogP) is 6.37. The molecule has 0 spiro atoms. The van der Waals surface area contributed by atoms with Gasteiger partial charge in [-0.2, -0.15) is 0 Å². The first-order valence-corrected chi connectivity index (χ1v) is 9.26. The lowest BCUT2D eigenvalue weighted by Crippen LogP contribution is -1.85. The van der Waals surface area contributed by atoms with E-state index in [1.807, 2.05) is 36.0 Å². The van der Waals surface area contributed by atoms with Gasteiger partial charge in [0, 0.05) is 26.6 Å². The van der Waals surface area contributed by atoms with E-state index >= 15 is 0 Å². The summed E-state index contributed by atoms with van der Waals surface area (Å²) in [6.45, 7) is 4.29. The van der Waals surface area contributed by atoms with Crippen molar-refractivity contribution in [2.24, 2.45) is 0 Å². The Kier molecular flexibility index (Phi) is 4.87. The van der Waals surface area contributed by atoms with Gasteiger partial charge in [0.05, 0.1) is 5.69 Å². The molecule has 112 valence electrons. The number of halogens is 1. The molecule has 1 nitrogen and oxygen atoms in total. The number of rotatable bonds is 4. The highest BCUT2D eigenvalue weighted by Gasteiger charge is 2.06. The summed E-state index contributed by atoms with van der Waals surface area (Å²) in [5.41, 5.74) is 4.88. The van der Waals surface area contributed by atoms with Crippen LogP contribution in [0, 0.1) is 13.8 Å². The molecule has 0 amide bonds. The van der Waals surface area contributed by atoms with Crippen LogP contribution in [0.2, 0.25) is 5.02 Å². The van der Waals surface area contributed by atoms with Gasteiger partial charge in [-0.15, -0.1) is 23.1 Å². The summed E-state index contributed by atoms with van der Waals surface area (Å²) < 4.78 is 0. The molecule has 0 aliphatic rings. The second kappa shape index (κ2) is 6.86. The Labute approximate surface area is 144 Å². The van der Waals surface area contributed by atoms with Gasteiger partial charge in [0.15, 0.2) is 0 Å². The van der Waals surface area contributed by atoms with Crippen molar-refractivity contribution < 1.29 is 0 Å². The number of hydrogen-bond donors (Lipinski definition) is 0. The van der Waals surface area contributed by atoms with Crippen LogP contribution in [0.1, 0.15) is 16.8 Å². The van der Waals surface area contributed by atoms with Crippen LogP contribution in [-0.4, -0.2) is 4.98 Å². The standard InChI is InChI=1S/C18H16ClNS2/c1-12-3-8-17(13(2)9-12)21-10-16-11-22-18(20-16)14-4-6-15(19)7-5-14/h3-9,11H,10H2,1-2H3. The van der Waals surface area contributed by atoms with Crippen LogP contribution >= 0.6 is 34.7 Å². The molecule has 22 heavy (non-hydrogen) atoms. The molecule has 0 aliphatic heterocycles. The Bertz CT molecular complexity index is 778. The molecule has 0 saturated carbocycles. The lowest BCUT2D eigenvalue weighted by Gasteiger charge is -2.05. The van der Waals surface area contributed by atoms with Gasteiger partial charge in [0.1, 0.15) is 5.01 Å². The summed E-state index contributed by atoms with van der Waals surface area (Å²) in [4.78, 5) is 6.05. The largest absolute Gasteiger partial charge is 0.240 e. The van der Waals surface area contributed by atoms with Crippen LogP contribution in [0.25, 0.3) is 10.6 Å². The zero-order valence-electron chi connectivity index (χ0n) is 12.5. The highest BCUT2D eigenvalue weighted by molar-refractivity contribution is 7.98. The maximum atomic E-state index is 5.93. The average Bonchev–Trinajstić information content (AvgIpc) is 2.96. The lowest BCUT2D eigenvalue weighted by molar-refractivity contribution is 1.21. The fourth-order valence-corrected chi connectivity index (χ4v) is 4.17. The number of hydrogen-bond acceptors (Lipinski definition) is 3. The lowest BCUT2D eigenvalue weighted by atomic mass is 10.2. The van der Waals surface area contributed by atoms with E-state index in [1.54, 1.807) is 11.3 Å². The molecule has 2 aromatic carbocycles. The Balaban J connectivity index is 1.70. The van der Waals surface area contributed by atoms with Crippen molar-refractivity contribution >= 4 is 34.7 Å². The van der Waals surface area contributed by atoms with Crippen LogP contribution in [0.15, 0.2) is 52.7 Å². The minimum absolute atomic E-state index is 0.755. The van der Waals surface area contributed by atoms with E-state index < -0.39 is 0 Å². The number of benzene rings is 2. The van der Waals surface area contributed by atoms with Crippen molar-refractivity contribution in [3.05, 3.63) is 69.7 Å². The predicted molar refractivity (Wildman–Crippen MR) is 98.0 cm³/mol. The highest BCUT2D eigenvalue weighted by Crippen LogP contribution is 2.30. The summed E-state index contributed by atoms with van der Waals surface area (Å²) in [5, 5.41) is 3.94. The first-order chi connectivity index (χ1) is 10.6. The van der Waals surface area contributed by atoms with Crippen molar-refractivity contribution in [3.63, 3.8) is 0 Å². The van der Waals surface area contributed by atoms with Gasteiger partial charge in [-0.3, -0.25) is 0 Å². The monoisotopic (exact) mass is 345 g/mol. The van der Waals surface area contributed by atoms with E-state index in [1.165, 1.54) is 16.0 Å². The molecule has 0 saturated heterocycles. The second-order valence-electron chi connectivity index (χ2n) is 5.21. The molecule has 3 rings (SSSR count). The van der Waals surface area contributed by atoms with Crippen LogP contribution in [0.5, 0.6) is 0 Å². The molecule has 0 fully saturated rings. The van der Waals surface area contributed by atoms with Crippen molar-refractivity contribution in [2.75, 3.05) is 0 Å². The van der Waals surface area contributed by atoms with Crippen molar-refractivity contribution in [2.45, 2.75) is 24.5 Å². The van der Waals surface area contributed by atoms with Gasteiger partial charge in [-0.25, -0.2) is 4.98 Å². The molecule has 0 N–H and O–H groups in total. The second-order valence-corrected chi connectivity index (χ2v) is 7.52. The molecule has 0 atom stereocenters. The number of nitrogens with zero attached hydrogens (tertiary/aromatic N) is 1.